The summed E-state index contributed by atoms with van der Waals surface area (Å²) in [4.78, 5) is 11.1. The number of para-hydroxylation sites is 1. The molecule has 0 amide bonds. The monoisotopic (exact) mass is 298 g/mol. The van der Waals surface area contributed by atoms with Gasteiger partial charge in [-0.1, -0.05) is 18.2 Å². The molecule has 22 heavy (non-hydrogen) atoms. The molecule has 1 atom stereocenters. The van der Waals surface area contributed by atoms with E-state index in [0.29, 0.717) is 35.1 Å². The number of ether oxygens (including phenoxy) is 2. The lowest BCUT2D eigenvalue weighted by Crippen LogP contribution is -2.16. The van der Waals surface area contributed by atoms with Gasteiger partial charge in [0.25, 0.3) is 0 Å². The summed E-state index contributed by atoms with van der Waals surface area (Å²) in [5.74, 6) is 1.48. The fourth-order valence-electron chi connectivity index (χ4n) is 2.96. The summed E-state index contributed by atoms with van der Waals surface area (Å²) in [5.41, 5.74) is 2.76. The maximum absolute atomic E-state index is 11.1. The maximum atomic E-state index is 11.1. The van der Waals surface area contributed by atoms with Gasteiger partial charge in [0.1, 0.15) is 23.4 Å². The van der Waals surface area contributed by atoms with Crippen molar-refractivity contribution < 1.29 is 19.4 Å². The Hall–Kier alpha value is -2.49. The second-order valence-corrected chi connectivity index (χ2v) is 5.44. The number of rotatable bonds is 3. The molecule has 0 bridgehead atoms. The first-order valence-electron chi connectivity index (χ1n) is 7.26. The Bertz CT molecular complexity index is 721. The third-order valence-corrected chi connectivity index (χ3v) is 4.14. The highest BCUT2D eigenvalue weighted by Crippen LogP contribution is 2.43. The molecule has 0 radical (unpaired) electrons. The number of aldehydes is 1. The molecule has 1 unspecified atom stereocenters. The molecular formula is C18H18O4. The molecule has 3 rings (SSSR count). The van der Waals surface area contributed by atoms with Crippen molar-refractivity contribution in [3.63, 3.8) is 0 Å². The second kappa shape index (κ2) is 5.72. The molecular weight excluding hydrogens is 280 g/mol. The largest absolute Gasteiger partial charge is 0.507 e. The number of carbonyl (C=O) groups is 1. The van der Waals surface area contributed by atoms with Crippen molar-refractivity contribution >= 4 is 6.29 Å². The zero-order valence-corrected chi connectivity index (χ0v) is 12.6. The minimum atomic E-state index is -0.121. The van der Waals surface area contributed by atoms with Gasteiger partial charge in [-0.2, -0.15) is 0 Å². The SMILES string of the molecule is COc1ccccc1C1CCc2c(cc(C)c(C=O)c2O)O1. The molecule has 2 aromatic rings. The van der Waals surface area contributed by atoms with Crippen molar-refractivity contribution in [3.8, 4) is 17.2 Å². The van der Waals surface area contributed by atoms with Crippen molar-refractivity contribution in [2.45, 2.75) is 25.9 Å². The number of aromatic hydroxyl groups is 1. The molecule has 4 nitrogen and oxygen atoms in total. The summed E-state index contributed by atoms with van der Waals surface area (Å²) in [6.45, 7) is 1.79. The first-order chi connectivity index (χ1) is 10.7. The van der Waals surface area contributed by atoms with Gasteiger partial charge in [0.05, 0.1) is 12.7 Å². The number of phenols is 1. The first kappa shape index (κ1) is 14.4. The molecule has 0 aromatic heterocycles. The molecule has 0 spiro atoms. The molecule has 1 N–H and O–H groups in total. The van der Waals surface area contributed by atoms with E-state index in [9.17, 15) is 9.90 Å². The van der Waals surface area contributed by atoms with Gasteiger partial charge >= 0.3 is 0 Å². The maximum Gasteiger partial charge on any atom is 0.154 e. The Labute approximate surface area is 129 Å². The van der Waals surface area contributed by atoms with Crippen molar-refractivity contribution in [2.75, 3.05) is 7.11 Å². The van der Waals surface area contributed by atoms with E-state index in [2.05, 4.69) is 0 Å². The quantitative estimate of drug-likeness (QED) is 0.880. The minimum Gasteiger partial charge on any atom is -0.507 e. The topological polar surface area (TPSA) is 55.8 Å². The Balaban J connectivity index is 1.99. The fourth-order valence-corrected chi connectivity index (χ4v) is 2.96. The predicted molar refractivity (Wildman–Crippen MR) is 82.9 cm³/mol. The van der Waals surface area contributed by atoms with Crippen LogP contribution in [0.15, 0.2) is 30.3 Å². The van der Waals surface area contributed by atoms with Crippen molar-refractivity contribution in [1.82, 2.24) is 0 Å². The average molecular weight is 298 g/mol. The van der Waals surface area contributed by atoms with Crippen LogP contribution in [0.2, 0.25) is 0 Å². The Kier molecular flexibility index (Phi) is 3.75. The van der Waals surface area contributed by atoms with Crippen LogP contribution < -0.4 is 9.47 Å². The van der Waals surface area contributed by atoms with E-state index in [4.69, 9.17) is 9.47 Å². The summed E-state index contributed by atoms with van der Waals surface area (Å²) in [7, 11) is 1.64. The molecule has 1 aliphatic rings. The third kappa shape index (κ3) is 2.30. The number of hydrogen-bond donors (Lipinski definition) is 1. The number of hydrogen-bond acceptors (Lipinski definition) is 4. The lowest BCUT2D eigenvalue weighted by molar-refractivity contribution is 0.111. The van der Waals surface area contributed by atoms with Gasteiger partial charge < -0.3 is 14.6 Å². The van der Waals surface area contributed by atoms with Crippen LogP contribution in [0.25, 0.3) is 0 Å². The molecule has 0 saturated carbocycles. The van der Waals surface area contributed by atoms with E-state index in [1.54, 1.807) is 14.0 Å². The molecule has 2 aromatic carbocycles. The standard InChI is InChI=1S/C18H18O4/c1-11-9-17-13(18(20)14(11)10-19)7-8-16(22-17)12-5-3-4-6-15(12)21-2/h3-6,9-10,16,20H,7-8H2,1-2H3. The first-order valence-corrected chi connectivity index (χ1v) is 7.26. The molecule has 1 heterocycles. The highest BCUT2D eigenvalue weighted by molar-refractivity contribution is 5.83. The number of benzene rings is 2. The van der Waals surface area contributed by atoms with E-state index < -0.39 is 0 Å². The average Bonchev–Trinajstić information content (AvgIpc) is 2.54. The number of phenolic OH excluding ortho intramolecular Hbond substituents is 1. The van der Waals surface area contributed by atoms with Crippen molar-refractivity contribution in [1.29, 1.82) is 0 Å². The second-order valence-electron chi connectivity index (χ2n) is 5.44. The Morgan fingerprint density at radius 1 is 1.36 bits per heavy atom. The third-order valence-electron chi connectivity index (χ3n) is 4.14. The molecule has 1 aliphatic heterocycles. The van der Waals surface area contributed by atoms with Crippen LogP contribution in [-0.2, 0) is 6.42 Å². The Morgan fingerprint density at radius 3 is 2.86 bits per heavy atom. The lowest BCUT2D eigenvalue weighted by atomic mass is 9.93. The zero-order chi connectivity index (χ0) is 15.7. The summed E-state index contributed by atoms with van der Waals surface area (Å²) >= 11 is 0. The molecule has 114 valence electrons. The van der Waals surface area contributed by atoms with Gasteiger partial charge in [-0.05, 0) is 37.5 Å². The van der Waals surface area contributed by atoms with Crippen LogP contribution >= 0.6 is 0 Å². The fraction of sp³-hybridized carbons (Fsp3) is 0.278. The lowest BCUT2D eigenvalue weighted by Gasteiger charge is -2.28. The number of methoxy groups -OCH3 is 1. The van der Waals surface area contributed by atoms with Gasteiger partial charge in [0.15, 0.2) is 6.29 Å². The van der Waals surface area contributed by atoms with Gasteiger partial charge in [-0.3, -0.25) is 4.79 Å². The summed E-state index contributed by atoms with van der Waals surface area (Å²) < 4.78 is 11.5. The molecule has 0 fully saturated rings. The number of aryl methyl sites for hydroxylation is 1. The van der Waals surface area contributed by atoms with E-state index in [1.807, 2.05) is 30.3 Å². The van der Waals surface area contributed by atoms with Crippen LogP contribution in [0.3, 0.4) is 0 Å². The summed E-state index contributed by atoms with van der Waals surface area (Å²) in [5, 5.41) is 10.2. The Morgan fingerprint density at radius 2 is 2.14 bits per heavy atom. The molecule has 0 saturated heterocycles. The number of carbonyl (C=O) groups excluding carboxylic acids is 1. The van der Waals surface area contributed by atoms with Crippen molar-refractivity contribution in [2.24, 2.45) is 0 Å². The van der Waals surface area contributed by atoms with E-state index in [1.165, 1.54) is 0 Å². The van der Waals surface area contributed by atoms with Gasteiger partial charge in [0.2, 0.25) is 0 Å². The zero-order valence-electron chi connectivity index (χ0n) is 12.6. The molecule has 0 aliphatic carbocycles. The van der Waals surface area contributed by atoms with Crippen LogP contribution in [0.5, 0.6) is 17.2 Å². The summed E-state index contributed by atoms with van der Waals surface area (Å²) in [6, 6.07) is 9.59. The van der Waals surface area contributed by atoms with Crippen LogP contribution in [-0.4, -0.2) is 18.5 Å². The molecule has 4 heteroatoms. The summed E-state index contributed by atoms with van der Waals surface area (Å²) in [6.07, 6.45) is 1.95. The highest BCUT2D eigenvalue weighted by atomic mass is 16.5. The highest BCUT2D eigenvalue weighted by Gasteiger charge is 2.27. The van der Waals surface area contributed by atoms with Crippen LogP contribution in [0.4, 0.5) is 0 Å². The smallest absolute Gasteiger partial charge is 0.154 e. The predicted octanol–water partition coefficient (Wildman–Crippen LogP) is 3.59. The minimum absolute atomic E-state index is 0.0449. The normalized spacial score (nSPS) is 16.5. The van der Waals surface area contributed by atoms with Gasteiger partial charge in [0, 0.05) is 11.1 Å². The van der Waals surface area contributed by atoms with Crippen LogP contribution in [0.1, 0.15) is 39.6 Å². The van der Waals surface area contributed by atoms with E-state index >= 15 is 0 Å². The number of fused-ring (bicyclic) bond motifs is 1. The van der Waals surface area contributed by atoms with E-state index in [0.717, 1.165) is 17.7 Å². The van der Waals surface area contributed by atoms with Crippen molar-refractivity contribution in [3.05, 3.63) is 52.6 Å². The van der Waals surface area contributed by atoms with Crippen LogP contribution in [0, 0.1) is 6.92 Å². The van der Waals surface area contributed by atoms with E-state index in [-0.39, 0.29) is 11.9 Å². The van der Waals surface area contributed by atoms with Gasteiger partial charge in [-0.25, -0.2) is 0 Å². The van der Waals surface area contributed by atoms with Gasteiger partial charge in [-0.15, -0.1) is 0 Å².